The van der Waals surface area contributed by atoms with Crippen molar-refractivity contribution in [3.05, 3.63) is 29.3 Å². The molecule has 0 radical (unpaired) electrons. The van der Waals surface area contributed by atoms with E-state index in [1.54, 1.807) is 24.3 Å². The molecular formula is C16H23ClN2O4. The van der Waals surface area contributed by atoms with Crippen LogP contribution in [0.15, 0.2) is 24.3 Å². The summed E-state index contributed by atoms with van der Waals surface area (Å²) < 4.78 is 10.1. The van der Waals surface area contributed by atoms with Crippen LogP contribution in [0.25, 0.3) is 0 Å². The van der Waals surface area contributed by atoms with E-state index in [1.165, 1.54) is 0 Å². The SMILES string of the molecule is CC[C@H](COC(=O)Nc1ccc(Cl)cc1)NC(=O)OCC(C)C. The second kappa shape index (κ2) is 9.94. The molecule has 1 aromatic rings. The summed E-state index contributed by atoms with van der Waals surface area (Å²) in [5.74, 6) is 0.266. The van der Waals surface area contributed by atoms with Crippen molar-refractivity contribution >= 4 is 29.5 Å². The van der Waals surface area contributed by atoms with Crippen LogP contribution in [0.5, 0.6) is 0 Å². The highest BCUT2D eigenvalue weighted by Gasteiger charge is 2.14. The summed E-state index contributed by atoms with van der Waals surface area (Å²) in [5.41, 5.74) is 0.580. The van der Waals surface area contributed by atoms with Crippen LogP contribution in [0.4, 0.5) is 15.3 Å². The lowest BCUT2D eigenvalue weighted by Gasteiger charge is -2.17. The van der Waals surface area contributed by atoms with E-state index in [1.807, 2.05) is 20.8 Å². The number of halogens is 1. The Morgan fingerprint density at radius 2 is 1.70 bits per heavy atom. The molecular weight excluding hydrogens is 320 g/mol. The average Bonchev–Trinajstić information content (AvgIpc) is 2.51. The summed E-state index contributed by atoms with van der Waals surface area (Å²) in [7, 11) is 0. The van der Waals surface area contributed by atoms with Crippen molar-refractivity contribution < 1.29 is 19.1 Å². The molecule has 0 unspecified atom stereocenters. The molecule has 1 aromatic carbocycles. The number of ether oxygens (including phenoxy) is 2. The molecule has 1 rings (SSSR count). The normalized spacial score (nSPS) is 11.7. The Morgan fingerprint density at radius 3 is 2.26 bits per heavy atom. The number of hydrogen-bond donors (Lipinski definition) is 2. The van der Waals surface area contributed by atoms with Crippen LogP contribution in [-0.4, -0.2) is 31.4 Å². The van der Waals surface area contributed by atoms with Crippen molar-refractivity contribution in [3.8, 4) is 0 Å². The number of hydrogen-bond acceptors (Lipinski definition) is 4. The van der Waals surface area contributed by atoms with Crippen molar-refractivity contribution in [1.29, 1.82) is 0 Å². The predicted octanol–water partition coefficient (Wildman–Crippen LogP) is 4.05. The lowest BCUT2D eigenvalue weighted by molar-refractivity contribution is 0.116. The van der Waals surface area contributed by atoms with Gasteiger partial charge in [0.25, 0.3) is 0 Å². The third kappa shape index (κ3) is 8.30. The Balaban J connectivity index is 2.34. The monoisotopic (exact) mass is 342 g/mol. The van der Waals surface area contributed by atoms with E-state index < -0.39 is 12.2 Å². The molecule has 0 fully saturated rings. The Labute approximate surface area is 141 Å². The third-order valence-corrected chi connectivity index (χ3v) is 3.12. The van der Waals surface area contributed by atoms with Gasteiger partial charge in [0.15, 0.2) is 0 Å². The summed E-state index contributed by atoms with van der Waals surface area (Å²) in [5, 5.41) is 5.83. The van der Waals surface area contributed by atoms with E-state index in [0.717, 1.165) is 0 Å². The van der Waals surface area contributed by atoms with Gasteiger partial charge in [0.2, 0.25) is 0 Å². The van der Waals surface area contributed by atoms with E-state index in [4.69, 9.17) is 21.1 Å². The van der Waals surface area contributed by atoms with Crippen LogP contribution in [0, 0.1) is 5.92 Å². The van der Waals surface area contributed by atoms with Gasteiger partial charge in [0, 0.05) is 10.7 Å². The Morgan fingerprint density at radius 1 is 1.09 bits per heavy atom. The number of carbonyl (C=O) groups excluding carboxylic acids is 2. The Kier molecular flexibility index (Phi) is 8.26. The summed E-state index contributed by atoms with van der Waals surface area (Å²) in [6.45, 7) is 6.20. The van der Waals surface area contributed by atoms with Crippen LogP contribution in [-0.2, 0) is 9.47 Å². The minimum Gasteiger partial charge on any atom is -0.449 e. The van der Waals surface area contributed by atoms with E-state index in [-0.39, 0.29) is 18.6 Å². The first-order valence-electron chi connectivity index (χ1n) is 7.53. The Hall–Kier alpha value is -1.95. The fourth-order valence-electron chi connectivity index (χ4n) is 1.58. The number of amides is 2. The number of anilines is 1. The molecule has 128 valence electrons. The van der Waals surface area contributed by atoms with Gasteiger partial charge in [-0.2, -0.15) is 0 Å². The maximum absolute atomic E-state index is 11.7. The molecule has 0 aliphatic carbocycles. The topological polar surface area (TPSA) is 76.7 Å². The maximum atomic E-state index is 11.7. The maximum Gasteiger partial charge on any atom is 0.411 e. The van der Waals surface area contributed by atoms with E-state index in [2.05, 4.69) is 10.6 Å². The van der Waals surface area contributed by atoms with Crippen LogP contribution < -0.4 is 10.6 Å². The smallest absolute Gasteiger partial charge is 0.411 e. The number of carbonyl (C=O) groups is 2. The molecule has 0 bridgehead atoms. The summed E-state index contributed by atoms with van der Waals surface area (Å²) in [6, 6.07) is 6.37. The van der Waals surface area contributed by atoms with Gasteiger partial charge in [-0.3, -0.25) is 5.32 Å². The van der Waals surface area contributed by atoms with Crippen molar-refractivity contribution in [2.24, 2.45) is 5.92 Å². The van der Waals surface area contributed by atoms with E-state index in [9.17, 15) is 9.59 Å². The van der Waals surface area contributed by atoms with Gasteiger partial charge in [-0.25, -0.2) is 9.59 Å². The quantitative estimate of drug-likeness (QED) is 0.783. The first kappa shape index (κ1) is 19.1. The number of alkyl carbamates (subject to hydrolysis) is 1. The molecule has 0 aliphatic heterocycles. The molecule has 0 saturated carbocycles. The highest BCUT2D eigenvalue weighted by molar-refractivity contribution is 6.30. The molecule has 0 spiro atoms. The standard InChI is InChI=1S/C16H23ClN2O4/c1-4-13(18-15(20)22-9-11(2)3)10-23-16(21)19-14-7-5-12(17)6-8-14/h5-8,11,13H,4,9-10H2,1-3H3,(H,18,20)(H,19,21)/t13-/m1/s1. The van der Waals surface area contributed by atoms with Crippen molar-refractivity contribution in [2.75, 3.05) is 18.5 Å². The number of benzene rings is 1. The zero-order valence-corrected chi connectivity index (χ0v) is 14.4. The fraction of sp³-hybridized carbons (Fsp3) is 0.500. The molecule has 23 heavy (non-hydrogen) atoms. The third-order valence-electron chi connectivity index (χ3n) is 2.87. The molecule has 1 atom stereocenters. The highest BCUT2D eigenvalue weighted by Crippen LogP contribution is 2.13. The molecule has 0 saturated heterocycles. The minimum absolute atomic E-state index is 0.0622. The zero-order chi connectivity index (χ0) is 17.2. The second-order valence-corrected chi connectivity index (χ2v) is 5.91. The van der Waals surface area contributed by atoms with Crippen molar-refractivity contribution in [2.45, 2.75) is 33.2 Å². The summed E-state index contributed by atoms with van der Waals surface area (Å²) in [4.78, 5) is 23.3. The fourth-order valence-corrected chi connectivity index (χ4v) is 1.70. The van der Waals surface area contributed by atoms with Crippen molar-refractivity contribution in [3.63, 3.8) is 0 Å². The minimum atomic E-state index is -0.594. The van der Waals surface area contributed by atoms with Gasteiger partial charge in [-0.05, 0) is 36.6 Å². The molecule has 2 amide bonds. The molecule has 7 heteroatoms. The van der Waals surface area contributed by atoms with E-state index in [0.29, 0.717) is 23.7 Å². The largest absolute Gasteiger partial charge is 0.449 e. The first-order valence-corrected chi connectivity index (χ1v) is 7.91. The van der Waals surface area contributed by atoms with Crippen LogP contribution in [0.1, 0.15) is 27.2 Å². The van der Waals surface area contributed by atoms with Gasteiger partial charge in [0.05, 0.1) is 12.6 Å². The molecule has 0 heterocycles. The summed E-state index contributed by atoms with van der Waals surface area (Å²) in [6.07, 6.45) is -0.485. The van der Waals surface area contributed by atoms with Gasteiger partial charge >= 0.3 is 12.2 Å². The second-order valence-electron chi connectivity index (χ2n) is 5.47. The lowest BCUT2D eigenvalue weighted by Crippen LogP contribution is -2.39. The molecule has 2 N–H and O–H groups in total. The van der Waals surface area contributed by atoms with Crippen LogP contribution >= 0.6 is 11.6 Å². The van der Waals surface area contributed by atoms with Gasteiger partial charge < -0.3 is 14.8 Å². The van der Waals surface area contributed by atoms with Gasteiger partial charge in [-0.1, -0.05) is 32.4 Å². The summed E-state index contributed by atoms with van der Waals surface area (Å²) >= 11 is 5.77. The van der Waals surface area contributed by atoms with E-state index >= 15 is 0 Å². The van der Waals surface area contributed by atoms with Crippen LogP contribution in [0.3, 0.4) is 0 Å². The molecule has 6 nitrogen and oxygen atoms in total. The molecule has 0 aliphatic rings. The highest BCUT2D eigenvalue weighted by atomic mass is 35.5. The van der Waals surface area contributed by atoms with Gasteiger partial charge in [0.1, 0.15) is 6.61 Å². The lowest BCUT2D eigenvalue weighted by atomic mass is 10.2. The predicted molar refractivity (Wildman–Crippen MR) is 89.8 cm³/mol. The Bertz CT molecular complexity index is 505. The average molecular weight is 343 g/mol. The first-order chi connectivity index (χ1) is 10.9. The van der Waals surface area contributed by atoms with Gasteiger partial charge in [-0.15, -0.1) is 0 Å². The number of nitrogens with one attached hydrogen (secondary N) is 2. The van der Waals surface area contributed by atoms with Crippen molar-refractivity contribution in [1.82, 2.24) is 5.32 Å². The number of rotatable bonds is 7. The molecule has 0 aromatic heterocycles. The zero-order valence-electron chi connectivity index (χ0n) is 13.6. The van der Waals surface area contributed by atoms with Crippen LogP contribution in [0.2, 0.25) is 5.02 Å².